The molecule has 6 nitrogen and oxygen atoms in total. The van der Waals surface area contributed by atoms with E-state index in [2.05, 4.69) is 20.8 Å². The number of anilines is 1. The molecule has 0 saturated heterocycles. The summed E-state index contributed by atoms with van der Waals surface area (Å²) in [6.45, 7) is 3.36. The number of carbonyl (C=O) groups excluding carboxylic acids is 2. The summed E-state index contributed by atoms with van der Waals surface area (Å²) < 4.78 is 37.1. The maximum absolute atomic E-state index is 12.4. The van der Waals surface area contributed by atoms with Crippen LogP contribution in [0.1, 0.15) is 26.5 Å². The Hall–Kier alpha value is -2.49. The van der Waals surface area contributed by atoms with Crippen molar-refractivity contribution in [2.75, 3.05) is 11.9 Å². The van der Waals surface area contributed by atoms with Crippen LogP contribution in [0, 0.1) is 13.8 Å². The third kappa shape index (κ3) is 4.51. The molecule has 0 aliphatic heterocycles. The first-order valence-electron chi connectivity index (χ1n) is 6.73. The van der Waals surface area contributed by atoms with Crippen molar-refractivity contribution in [3.63, 3.8) is 0 Å². The Morgan fingerprint density at radius 1 is 1.17 bits per heavy atom. The standard InChI is InChI=1S/C14H13F3N4O2S/c1-7-3-4-9(5-8(7)2)11(23)18-6-10(22)19-13-21-20-12(24-13)14(15,16)17/h3-5H,6H2,1-2H3,(H,18,23)(H,19,21,22). The van der Waals surface area contributed by atoms with Crippen molar-refractivity contribution < 1.29 is 22.8 Å². The van der Waals surface area contributed by atoms with Crippen LogP contribution in [0.5, 0.6) is 0 Å². The highest BCUT2D eigenvalue weighted by Crippen LogP contribution is 2.32. The first kappa shape index (κ1) is 17.9. The fourth-order valence-electron chi connectivity index (χ4n) is 1.70. The van der Waals surface area contributed by atoms with Crippen molar-refractivity contribution in [1.29, 1.82) is 0 Å². The Labute approximate surface area is 139 Å². The predicted molar refractivity (Wildman–Crippen MR) is 81.8 cm³/mol. The molecule has 0 fully saturated rings. The summed E-state index contributed by atoms with van der Waals surface area (Å²) in [7, 11) is 0. The Morgan fingerprint density at radius 3 is 2.46 bits per heavy atom. The van der Waals surface area contributed by atoms with E-state index in [0.29, 0.717) is 5.56 Å². The van der Waals surface area contributed by atoms with Crippen molar-refractivity contribution in [3.8, 4) is 0 Å². The average molecular weight is 358 g/mol. The van der Waals surface area contributed by atoms with Crippen LogP contribution in [0.3, 0.4) is 0 Å². The molecule has 2 aromatic rings. The first-order chi connectivity index (χ1) is 11.2. The van der Waals surface area contributed by atoms with E-state index in [9.17, 15) is 22.8 Å². The monoisotopic (exact) mass is 358 g/mol. The molecule has 0 spiro atoms. The summed E-state index contributed by atoms with van der Waals surface area (Å²) in [5.74, 6) is -1.15. The number of aryl methyl sites for hydroxylation is 2. The van der Waals surface area contributed by atoms with E-state index in [0.717, 1.165) is 11.1 Å². The van der Waals surface area contributed by atoms with Gasteiger partial charge in [0, 0.05) is 5.56 Å². The summed E-state index contributed by atoms with van der Waals surface area (Å²) in [5.41, 5.74) is 2.35. The van der Waals surface area contributed by atoms with Gasteiger partial charge in [-0.15, -0.1) is 10.2 Å². The maximum atomic E-state index is 12.4. The van der Waals surface area contributed by atoms with Crippen molar-refractivity contribution >= 4 is 28.3 Å². The quantitative estimate of drug-likeness (QED) is 0.880. The molecule has 0 aliphatic rings. The van der Waals surface area contributed by atoms with E-state index < -0.39 is 29.5 Å². The molecule has 2 N–H and O–H groups in total. The summed E-state index contributed by atoms with van der Waals surface area (Å²) in [5, 5.41) is 9.27. The molecule has 0 aliphatic carbocycles. The first-order valence-corrected chi connectivity index (χ1v) is 7.54. The highest BCUT2D eigenvalue weighted by atomic mass is 32.1. The smallest absolute Gasteiger partial charge is 0.343 e. The fraction of sp³-hybridized carbons (Fsp3) is 0.286. The molecule has 1 aromatic heterocycles. The number of halogens is 3. The van der Waals surface area contributed by atoms with Gasteiger partial charge in [0.05, 0.1) is 6.54 Å². The van der Waals surface area contributed by atoms with Crippen LogP contribution in [-0.4, -0.2) is 28.6 Å². The molecule has 0 unspecified atom stereocenters. The van der Waals surface area contributed by atoms with Crippen LogP contribution in [0.25, 0.3) is 0 Å². The molecule has 2 amide bonds. The van der Waals surface area contributed by atoms with Gasteiger partial charge >= 0.3 is 6.18 Å². The molecular formula is C14H13F3N4O2S. The van der Waals surface area contributed by atoms with Crippen LogP contribution < -0.4 is 10.6 Å². The summed E-state index contributed by atoms with van der Waals surface area (Å²) in [6, 6.07) is 5.09. The third-order valence-electron chi connectivity index (χ3n) is 3.09. The number of nitrogens with one attached hydrogen (secondary N) is 2. The number of aromatic nitrogens is 2. The van der Waals surface area contributed by atoms with Crippen molar-refractivity contribution in [2.45, 2.75) is 20.0 Å². The highest BCUT2D eigenvalue weighted by Gasteiger charge is 2.35. The molecule has 0 radical (unpaired) electrons. The van der Waals surface area contributed by atoms with E-state index in [4.69, 9.17) is 0 Å². The van der Waals surface area contributed by atoms with Crippen LogP contribution in [0.15, 0.2) is 18.2 Å². The molecule has 0 atom stereocenters. The topological polar surface area (TPSA) is 84.0 Å². The molecule has 0 saturated carbocycles. The zero-order valence-corrected chi connectivity index (χ0v) is 13.5. The molecule has 1 aromatic carbocycles. The van der Waals surface area contributed by atoms with Gasteiger partial charge in [0.25, 0.3) is 5.91 Å². The Morgan fingerprint density at radius 2 is 1.88 bits per heavy atom. The summed E-state index contributed by atoms with van der Waals surface area (Å²) >= 11 is 0.210. The molecule has 24 heavy (non-hydrogen) atoms. The second-order valence-corrected chi connectivity index (χ2v) is 5.92. The second-order valence-electron chi connectivity index (χ2n) is 4.94. The second kappa shape index (κ2) is 6.95. The largest absolute Gasteiger partial charge is 0.445 e. The van der Waals surface area contributed by atoms with Crippen LogP contribution in [-0.2, 0) is 11.0 Å². The Kier molecular flexibility index (Phi) is 5.17. The summed E-state index contributed by atoms with van der Waals surface area (Å²) in [4.78, 5) is 23.6. The number of alkyl halides is 3. The van der Waals surface area contributed by atoms with E-state index >= 15 is 0 Å². The zero-order chi connectivity index (χ0) is 17.9. The predicted octanol–water partition coefficient (Wildman–Crippen LogP) is 2.54. The van der Waals surface area contributed by atoms with Gasteiger partial charge < -0.3 is 5.32 Å². The van der Waals surface area contributed by atoms with E-state index in [1.54, 1.807) is 18.2 Å². The van der Waals surface area contributed by atoms with E-state index in [1.807, 2.05) is 13.8 Å². The molecular weight excluding hydrogens is 345 g/mol. The van der Waals surface area contributed by atoms with Gasteiger partial charge in [0.2, 0.25) is 16.0 Å². The van der Waals surface area contributed by atoms with E-state index in [1.165, 1.54) is 0 Å². The van der Waals surface area contributed by atoms with Gasteiger partial charge in [-0.1, -0.05) is 17.4 Å². The van der Waals surface area contributed by atoms with Crippen molar-refractivity contribution in [2.24, 2.45) is 0 Å². The Balaban J connectivity index is 1.89. The third-order valence-corrected chi connectivity index (χ3v) is 3.98. The molecule has 128 valence electrons. The van der Waals surface area contributed by atoms with Crippen molar-refractivity contribution in [1.82, 2.24) is 15.5 Å². The minimum absolute atomic E-state index is 0.210. The highest BCUT2D eigenvalue weighted by molar-refractivity contribution is 7.15. The number of hydrogen-bond donors (Lipinski definition) is 2. The number of carbonyl (C=O) groups is 2. The lowest BCUT2D eigenvalue weighted by Crippen LogP contribution is -2.32. The van der Waals surface area contributed by atoms with Gasteiger partial charge in [-0.05, 0) is 37.1 Å². The lowest BCUT2D eigenvalue weighted by atomic mass is 10.1. The van der Waals surface area contributed by atoms with Crippen LogP contribution in [0.2, 0.25) is 0 Å². The van der Waals surface area contributed by atoms with Crippen molar-refractivity contribution in [3.05, 3.63) is 39.9 Å². The molecule has 10 heteroatoms. The van der Waals surface area contributed by atoms with Gasteiger partial charge in [0.1, 0.15) is 0 Å². The maximum Gasteiger partial charge on any atom is 0.445 e. The SMILES string of the molecule is Cc1ccc(C(=O)NCC(=O)Nc2nnc(C(F)(F)F)s2)cc1C. The number of rotatable bonds is 4. The average Bonchev–Trinajstić information content (AvgIpc) is 2.96. The number of nitrogens with zero attached hydrogens (tertiary/aromatic N) is 2. The fourth-order valence-corrected chi connectivity index (χ4v) is 2.32. The van der Waals surface area contributed by atoms with Gasteiger partial charge in [-0.3, -0.25) is 14.9 Å². The molecule has 2 rings (SSSR count). The normalized spacial score (nSPS) is 11.2. The van der Waals surface area contributed by atoms with Crippen LogP contribution in [0.4, 0.5) is 18.3 Å². The lowest BCUT2D eigenvalue weighted by molar-refractivity contribution is -0.138. The minimum atomic E-state index is -4.61. The number of benzene rings is 1. The summed E-state index contributed by atoms with van der Waals surface area (Å²) in [6.07, 6.45) is -4.61. The number of amides is 2. The zero-order valence-electron chi connectivity index (χ0n) is 12.7. The molecule has 0 bridgehead atoms. The van der Waals surface area contributed by atoms with Crippen LogP contribution >= 0.6 is 11.3 Å². The van der Waals surface area contributed by atoms with Gasteiger partial charge in [-0.2, -0.15) is 13.2 Å². The number of hydrogen-bond acceptors (Lipinski definition) is 5. The van der Waals surface area contributed by atoms with E-state index in [-0.39, 0.29) is 16.5 Å². The van der Waals surface area contributed by atoms with Gasteiger partial charge in [0.15, 0.2) is 0 Å². The minimum Gasteiger partial charge on any atom is -0.343 e. The lowest BCUT2D eigenvalue weighted by Gasteiger charge is -2.07. The molecule has 1 heterocycles. The van der Waals surface area contributed by atoms with Gasteiger partial charge in [-0.25, -0.2) is 0 Å². The Bertz CT molecular complexity index is 774.